The summed E-state index contributed by atoms with van der Waals surface area (Å²) in [6.07, 6.45) is 0.464. The van der Waals surface area contributed by atoms with Crippen molar-refractivity contribution in [3.8, 4) is 0 Å². The maximum Gasteiger partial charge on any atom is 0.229 e. The first kappa shape index (κ1) is 8.26. The zero-order chi connectivity index (χ0) is 9.26. The maximum absolute atomic E-state index is 11.2. The summed E-state index contributed by atoms with van der Waals surface area (Å²) in [6, 6.07) is 9.40. The van der Waals surface area contributed by atoms with Crippen molar-refractivity contribution in [3.05, 3.63) is 30.3 Å². The Morgan fingerprint density at radius 2 is 2.08 bits per heavy atom. The van der Waals surface area contributed by atoms with E-state index in [4.69, 9.17) is 5.11 Å². The van der Waals surface area contributed by atoms with Gasteiger partial charge in [-0.3, -0.25) is 4.79 Å². The van der Waals surface area contributed by atoms with Gasteiger partial charge in [-0.2, -0.15) is 0 Å². The van der Waals surface area contributed by atoms with Gasteiger partial charge in [-0.15, -0.1) is 0 Å². The van der Waals surface area contributed by atoms with Crippen molar-refractivity contribution in [1.29, 1.82) is 0 Å². The Kier molecular flexibility index (Phi) is 2.02. The van der Waals surface area contributed by atoms with Crippen molar-refractivity contribution >= 4 is 11.6 Å². The Labute approximate surface area is 76.6 Å². The van der Waals surface area contributed by atoms with Gasteiger partial charge in [0.05, 0.1) is 19.1 Å². The lowest BCUT2D eigenvalue weighted by molar-refractivity contribution is -0.124. The number of nitrogens with zero attached hydrogens (tertiary/aromatic N) is 1. The lowest BCUT2D eigenvalue weighted by Gasteiger charge is -2.39. The Morgan fingerprint density at radius 3 is 2.62 bits per heavy atom. The van der Waals surface area contributed by atoms with Crippen molar-refractivity contribution in [1.82, 2.24) is 0 Å². The summed E-state index contributed by atoms with van der Waals surface area (Å²) in [5.41, 5.74) is 0.873. The average Bonchev–Trinajstić information content (AvgIpc) is 2.15. The number of carbonyl (C=O) groups excluding carboxylic acids is 1. The fourth-order valence-electron chi connectivity index (χ4n) is 1.57. The molecule has 1 unspecified atom stereocenters. The number of hydrogen-bond acceptors (Lipinski definition) is 2. The number of benzene rings is 1. The van der Waals surface area contributed by atoms with Gasteiger partial charge in [0.15, 0.2) is 0 Å². The molecule has 3 heteroatoms. The smallest absolute Gasteiger partial charge is 0.229 e. The van der Waals surface area contributed by atoms with E-state index in [-0.39, 0.29) is 18.6 Å². The molecule has 0 spiro atoms. The molecule has 1 aromatic rings. The second-order valence-corrected chi connectivity index (χ2v) is 3.14. The zero-order valence-electron chi connectivity index (χ0n) is 7.18. The third kappa shape index (κ3) is 1.31. The molecule has 1 N–H and O–H groups in total. The van der Waals surface area contributed by atoms with Crippen molar-refractivity contribution in [2.24, 2.45) is 0 Å². The molecule has 1 aromatic carbocycles. The molecule has 1 fully saturated rings. The number of aliphatic hydroxyl groups is 1. The molecule has 0 aromatic heterocycles. The molecule has 1 saturated heterocycles. The van der Waals surface area contributed by atoms with E-state index in [1.54, 1.807) is 4.90 Å². The van der Waals surface area contributed by atoms with Crippen molar-refractivity contribution < 1.29 is 9.90 Å². The highest BCUT2D eigenvalue weighted by Crippen LogP contribution is 2.26. The molecule has 0 saturated carbocycles. The number of aliphatic hydroxyl groups excluding tert-OH is 1. The second kappa shape index (κ2) is 3.18. The van der Waals surface area contributed by atoms with Crippen LogP contribution in [-0.2, 0) is 4.79 Å². The lowest BCUT2D eigenvalue weighted by Crippen LogP contribution is -2.54. The van der Waals surface area contributed by atoms with Gasteiger partial charge in [0.2, 0.25) is 5.91 Å². The van der Waals surface area contributed by atoms with E-state index < -0.39 is 0 Å². The van der Waals surface area contributed by atoms with Crippen LogP contribution in [0.2, 0.25) is 0 Å². The van der Waals surface area contributed by atoms with Crippen LogP contribution in [0.4, 0.5) is 5.69 Å². The minimum absolute atomic E-state index is 0.0186. The van der Waals surface area contributed by atoms with Crippen LogP contribution in [0.5, 0.6) is 0 Å². The Balaban J connectivity index is 2.21. The normalized spacial score (nSPS) is 21.5. The van der Waals surface area contributed by atoms with Gasteiger partial charge in [-0.05, 0) is 12.1 Å². The van der Waals surface area contributed by atoms with E-state index in [9.17, 15) is 4.79 Å². The predicted molar refractivity (Wildman–Crippen MR) is 49.4 cm³/mol. The lowest BCUT2D eigenvalue weighted by atomic mass is 10.0. The number of para-hydroxylation sites is 1. The number of carbonyl (C=O) groups is 1. The molecule has 13 heavy (non-hydrogen) atoms. The van der Waals surface area contributed by atoms with Crippen molar-refractivity contribution in [3.63, 3.8) is 0 Å². The van der Waals surface area contributed by atoms with Gasteiger partial charge < -0.3 is 10.0 Å². The number of β-lactam (4-membered cyclic amide) rings is 1. The fraction of sp³-hybridized carbons (Fsp3) is 0.300. The molecule has 3 nitrogen and oxygen atoms in total. The molecule has 0 radical (unpaired) electrons. The monoisotopic (exact) mass is 177 g/mol. The predicted octanol–water partition coefficient (Wildman–Crippen LogP) is 0.784. The summed E-state index contributed by atoms with van der Waals surface area (Å²) < 4.78 is 0. The van der Waals surface area contributed by atoms with E-state index in [0.29, 0.717) is 6.42 Å². The molecule has 1 aliphatic rings. The molecule has 1 aliphatic heterocycles. The number of amides is 1. The van der Waals surface area contributed by atoms with E-state index in [1.807, 2.05) is 30.3 Å². The standard InChI is InChI=1S/C10H11NO2/c12-7-9-6-10(13)11(9)8-4-2-1-3-5-8/h1-5,9,12H,6-7H2. The maximum atomic E-state index is 11.2. The molecular weight excluding hydrogens is 166 g/mol. The van der Waals surface area contributed by atoms with Crippen LogP contribution < -0.4 is 4.90 Å². The highest BCUT2D eigenvalue weighted by molar-refractivity contribution is 6.00. The number of hydrogen-bond donors (Lipinski definition) is 1. The van der Waals surface area contributed by atoms with Gasteiger partial charge in [0, 0.05) is 5.69 Å². The van der Waals surface area contributed by atoms with E-state index >= 15 is 0 Å². The van der Waals surface area contributed by atoms with E-state index in [2.05, 4.69) is 0 Å². The molecule has 1 heterocycles. The largest absolute Gasteiger partial charge is 0.394 e. The zero-order valence-corrected chi connectivity index (χ0v) is 7.18. The van der Waals surface area contributed by atoms with Gasteiger partial charge in [-0.25, -0.2) is 0 Å². The summed E-state index contributed by atoms with van der Waals surface area (Å²) in [7, 11) is 0. The molecule has 1 atom stereocenters. The van der Waals surface area contributed by atoms with E-state index in [0.717, 1.165) is 5.69 Å². The number of rotatable bonds is 2. The Bertz CT molecular complexity index is 310. The highest BCUT2D eigenvalue weighted by Gasteiger charge is 2.36. The van der Waals surface area contributed by atoms with Crippen LogP contribution in [-0.4, -0.2) is 23.7 Å². The highest BCUT2D eigenvalue weighted by atomic mass is 16.3. The first-order valence-electron chi connectivity index (χ1n) is 4.31. The SMILES string of the molecule is O=C1CC(CO)N1c1ccccc1. The van der Waals surface area contributed by atoms with Crippen LogP contribution in [0.15, 0.2) is 30.3 Å². The second-order valence-electron chi connectivity index (χ2n) is 3.14. The minimum Gasteiger partial charge on any atom is -0.394 e. The summed E-state index contributed by atoms with van der Waals surface area (Å²) in [4.78, 5) is 12.9. The molecule has 1 amide bonds. The van der Waals surface area contributed by atoms with E-state index in [1.165, 1.54) is 0 Å². The Morgan fingerprint density at radius 1 is 1.38 bits per heavy atom. The molecule has 0 bridgehead atoms. The van der Waals surface area contributed by atoms with Crippen LogP contribution in [0.3, 0.4) is 0 Å². The van der Waals surface area contributed by atoms with Crippen LogP contribution in [0.25, 0.3) is 0 Å². The van der Waals surface area contributed by atoms with Crippen molar-refractivity contribution in [2.75, 3.05) is 11.5 Å². The quantitative estimate of drug-likeness (QED) is 0.678. The first-order valence-corrected chi connectivity index (χ1v) is 4.31. The fourth-order valence-corrected chi connectivity index (χ4v) is 1.57. The molecule has 68 valence electrons. The van der Waals surface area contributed by atoms with Crippen LogP contribution in [0, 0.1) is 0 Å². The Hall–Kier alpha value is -1.35. The molecule has 0 aliphatic carbocycles. The van der Waals surface area contributed by atoms with Gasteiger partial charge in [-0.1, -0.05) is 18.2 Å². The number of anilines is 1. The summed E-state index contributed by atoms with van der Waals surface area (Å²) in [5, 5.41) is 8.94. The van der Waals surface area contributed by atoms with Crippen LogP contribution >= 0.6 is 0 Å². The summed E-state index contributed by atoms with van der Waals surface area (Å²) in [6.45, 7) is 0.0423. The first-order chi connectivity index (χ1) is 6.33. The van der Waals surface area contributed by atoms with Gasteiger partial charge in [0.1, 0.15) is 0 Å². The molecule has 2 rings (SSSR count). The third-order valence-corrected chi connectivity index (χ3v) is 2.29. The topological polar surface area (TPSA) is 40.5 Å². The third-order valence-electron chi connectivity index (χ3n) is 2.29. The van der Waals surface area contributed by atoms with Crippen LogP contribution in [0.1, 0.15) is 6.42 Å². The minimum atomic E-state index is -0.0186. The van der Waals surface area contributed by atoms with Gasteiger partial charge in [0.25, 0.3) is 0 Å². The molecular formula is C10H11NO2. The van der Waals surface area contributed by atoms with Gasteiger partial charge >= 0.3 is 0 Å². The van der Waals surface area contributed by atoms with Crippen molar-refractivity contribution in [2.45, 2.75) is 12.5 Å². The summed E-state index contributed by atoms with van der Waals surface area (Å²) >= 11 is 0. The average molecular weight is 177 g/mol. The summed E-state index contributed by atoms with van der Waals surface area (Å²) in [5.74, 6) is 0.0882.